The molecule has 0 atom stereocenters. The molecule has 0 saturated carbocycles. The third kappa shape index (κ3) is 3.39. The number of aromatic nitrogens is 2. The van der Waals surface area contributed by atoms with Crippen LogP contribution in [0.1, 0.15) is 11.8 Å². The van der Waals surface area contributed by atoms with Gasteiger partial charge in [0.1, 0.15) is 0 Å². The van der Waals surface area contributed by atoms with E-state index >= 15 is 0 Å². The van der Waals surface area contributed by atoms with E-state index < -0.39 is 5.82 Å². The summed E-state index contributed by atoms with van der Waals surface area (Å²) in [7, 11) is 0. The minimum absolute atomic E-state index is 0.213. The summed E-state index contributed by atoms with van der Waals surface area (Å²) < 4.78 is 14.5. The van der Waals surface area contributed by atoms with E-state index in [-0.39, 0.29) is 5.82 Å². The third-order valence-corrected chi connectivity index (χ3v) is 3.83. The number of nitrogens with zero attached hydrogens (tertiary/aromatic N) is 2. The fourth-order valence-corrected chi connectivity index (χ4v) is 2.74. The van der Waals surface area contributed by atoms with E-state index in [4.69, 9.17) is 0 Å². The van der Waals surface area contributed by atoms with Gasteiger partial charge in [-0.1, -0.05) is 0 Å². The van der Waals surface area contributed by atoms with Gasteiger partial charge < -0.3 is 10.6 Å². The highest BCUT2D eigenvalue weighted by molar-refractivity contribution is 9.10. The lowest BCUT2D eigenvalue weighted by Crippen LogP contribution is -2.07. The molecule has 4 nitrogen and oxygen atoms in total. The fourth-order valence-electron chi connectivity index (χ4n) is 1.35. The van der Waals surface area contributed by atoms with Crippen LogP contribution in [0.3, 0.4) is 0 Å². The molecule has 0 aliphatic heterocycles. The zero-order valence-electron chi connectivity index (χ0n) is 9.70. The van der Waals surface area contributed by atoms with E-state index in [1.165, 1.54) is 0 Å². The second-order valence-corrected chi connectivity index (χ2v) is 5.42. The lowest BCUT2D eigenvalue weighted by Gasteiger charge is -2.07. The van der Waals surface area contributed by atoms with E-state index in [0.717, 1.165) is 15.5 Å². The first kappa shape index (κ1) is 13.2. The number of rotatable bonds is 5. The lowest BCUT2D eigenvalue weighted by molar-refractivity contribution is 0.617. The molecule has 0 radical (unpaired) electrons. The van der Waals surface area contributed by atoms with Crippen LogP contribution < -0.4 is 10.6 Å². The molecule has 2 rings (SSSR count). The van der Waals surface area contributed by atoms with Gasteiger partial charge in [-0.25, -0.2) is 9.37 Å². The van der Waals surface area contributed by atoms with Crippen molar-refractivity contribution < 1.29 is 4.39 Å². The van der Waals surface area contributed by atoms with Gasteiger partial charge in [-0.3, -0.25) is 0 Å². The number of nitrogens with one attached hydrogen (secondary N) is 2. The Kier molecular flexibility index (Phi) is 4.48. The fraction of sp³-hybridized carbons (Fsp3) is 0.273. The van der Waals surface area contributed by atoms with Crippen molar-refractivity contribution in [3.8, 4) is 0 Å². The zero-order valence-corrected chi connectivity index (χ0v) is 12.1. The maximum Gasteiger partial charge on any atom is 0.224 e. The van der Waals surface area contributed by atoms with E-state index in [2.05, 4.69) is 36.5 Å². The molecule has 18 heavy (non-hydrogen) atoms. The van der Waals surface area contributed by atoms with Gasteiger partial charge in [0, 0.05) is 21.3 Å². The van der Waals surface area contributed by atoms with Crippen molar-refractivity contribution in [3.05, 3.63) is 32.8 Å². The van der Waals surface area contributed by atoms with Crippen molar-refractivity contribution in [2.24, 2.45) is 0 Å². The Morgan fingerprint density at radius 3 is 2.94 bits per heavy atom. The summed E-state index contributed by atoms with van der Waals surface area (Å²) in [5.41, 5.74) is 0. The summed E-state index contributed by atoms with van der Waals surface area (Å²) in [5, 5.41) is 7.89. The first-order valence-corrected chi connectivity index (χ1v) is 7.09. The van der Waals surface area contributed by atoms with Crippen LogP contribution in [-0.4, -0.2) is 16.5 Å². The summed E-state index contributed by atoms with van der Waals surface area (Å²) in [5.74, 6) is 0.187. The van der Waals surface area contributed by atoms with Gasteiger partial charge in [0.2, 0.25) is 5.95 Å². The molecule has 0 spiro atoms. The zero-order chi connectivity index (χ0) is 13.0. The molecule has 0 saturated heterocycles. The first-order chi connectivity index (χ1) is 8.69. The van der Waals surface area contributed by atoms with Gasteiger partial charge in [0.25, 0.3) is 0 Å². The van der Waals surface area contributed by atoms with E-state index in [9.17, 15) is 4.39 Å². The first-order valence-electron chi connectivity index (χ1n) is 5.42. The maximum absolute atomic E-state index is 13.5. The minimum atomic E-state index is -0.452. The van der Waals surface area contributed by atoms with E-state index in [0.29, 0.717) is 19.0 Å². The second-order valence-electron chi connectivity index (χ2n) is 3.51. The number of hydrogen-bond donors (Lipinski definition) is 2. The average molecular weight is 331 g/mol. The summed E-state index contributed by atoms with van der Waals surface area (Å²) in [6, 6.07) is 1.99. The summed E-state index contributed by atoms with van der Waals surface area (Å²) in [6.45, 7) is 3.17. The molecule has 0 aromatic carbocycles. The van der Waals surface area contributed by atoms with Crippen molar-refractivity contribution in [2.75, 3.05) is 17.2 Å². The standard InChI is InChI=1S/C11H12BrFN4S/c1-2-14-11-16-5-9(13)10(17-11)15-4-8-3-7(12)6-18-8/h3,5-6H,2,4H2,1H3,(H2,14,15,16,17). The lowest BCUT2D eigenvalue weighted by atomic mass is 10.4. The molecule has 7 heteroatoms. The van der Waals surface area contributed by atoms with Crippen LogP contribution in [-0.2, 0) is 6.54 Å². The Bertz CT molecular complexity index is 532. The highest BCUT2D eigenvalue weighted by Gasteiger charge is 2.06. The minimum Gasteiger partial charge on any atom is -0.363 e. The van der Waals surface area contributed by atoms with Crippen LogP contribution in [0.25, 0.3) is 0 Å². The van der Waals surface area contributed by atoms with Crippen LogP contribution in [0.15, 0.2) is 22.1 Å². The molecule has 2 N–H and O–H groups in total. The third-order valence-electron chi connectivity index (χ3n) is 2.13. The maximum atomic E-state index is 13.5. The SMILES string of the molecule is CCNc1ncc(F)c(NCc2cc(Br)cs2)n1. The molecule has 0 aliphatic rings. The number of halogens is 2. The van der Waals surface area contributed by atoms with Gasteiger partial charge in [0.15, 0.2) is 11.6 Å². The van der Waals surface area contributed by atoms with Gasteiger partial charge in [-0.05, 0) is 28.9 Å². The Morgan fingerprint density at radius 2 is 2.28 bits per heavy atom. The monoisotopic (exact) mass is 330 g/mol. The Hall–Kier alpha value is -1.21. The molecule has 2 aromatic rings. The quantitative estimate of drug-likeness (QED) is 0.881. The number of anilines is 2. The van der Waals surface area contributed by atoms with Crippen molar-refractivity contribution >= 4 is 39.0 Å². The molecular weight excluding hydrogens is 319 g/mol. The molecule has 0 amide bonds. The van der Waals surface area contributed by atoms with Gasteiger partial charge in [-0.2, -0.15) is 4.98 Å². The number of hydrogen-bond acceptors (Lipinski definition) is 5. The van der Waals surface area contributed by atoms with Crippen LogP contribution >= 0.6 is 27.3 Å². The molecular formula is C11H12BrFN4S. The summed E-state index contributed by atoms with van der Waals surface area (Å²) in [6.07, 6.45) is 1.16. The smallest absolute Gasteiger partial charge is 0.224 e. The molecule has 0 unspecified atom stereocenters. The predicted molar refractivity (Wildman–Crippen MR) is 75.5 cm³/mol. The summed E-state index contributed by atoms with van der Waals surface area (Å²) in [4.78, 5) is 9.02. The second kappa shape index (κ2) is 6.10. The molecule has 0 bridgehead atoms. The Labute approximate surface area is 117 Å². The van der Waals surface area contributed by atoms with Crippen LogP contribution in [0, 0.1) is 5.82 Å². The highest BCUT2D eigenvalue weighted by Crippen LogP contribution is 2.21. The average Bonchev–Trinajstić information content (AvgIpc) is 2.76. The molecule has 0 aliphatic carbocycles. The van der Waals surface area contributed by atoms with Crippen molar-refractivity contribution in [2.45, 2.75) is 13.5 Å². The predicted octanol–water partition coefficient (Wildman–Crippen LogP) is 3.48. The number of thiophene rings is 1. The van der Waals surface area contributed by atoms with Crippen molar-refractivity contribution in [1.82, 2.24) is 9.97 Å². The van der Waals surface area contributed by atoms with Gasteiger partial charge >= 0.3 is 0 Å². The molecule has 96 valence electrons. The normalized spacial score (nSPS) is 10.4. The molecule has 0 fully saturated rings. The van der Waals surface area contributed by atoms with Gasteiger partial charge in [-0.15, -0.1) is 11.3 Å². The van der Waals surface area contributed by atoms with E-state index in [1.54, 1.807) is 11.3 Å². The van der Waals surface area contributed by atoms with Gasteiger partial charge in [0.05, 0.1) is 12.7 Å². The Morgan fingerprint density at radius 1 is 1.44 bits per heavy atom. The highest BCUT2D eigenvalue weighted by atomic mass is 79.9. The van der Waals surface area contributed by atoms with E-state index in [1.807, 2.05) is 18.4 Å². The van der Waals surface area contributed by atoms with Crippen LogP contribution in [0.5, 0.6) is 0 Å². The van der Waals surface area contributed by atoms with Crippen LogP contribution in [0.4, 0.5) is 16.2 Å². The molecule has 2 heterocycles. The Balaban J connectivity index is 2.05. The summed E-state index contributed by atoms with van der Waals surface area (Å²) >= 11 is 4.98. The topological polar surface area (TPSA) is 49.8 Å². The largest absolute Gasteiger partial charge is 0.363 e. The van der Waals surface area contributed by atoms with Crippen molar-refractivity contribution in [1.29, 1.82) is 0 Å². The molecule has 2 aromatic heterocycles. The van der Waals surface area contributed by atoms with Crippen LogP contribution in [0.2, 0.25) is 0 Å². The van der Waals surface area contributed by atoms with Crippen molar-refractivity contribution in [3.63, 3.8) is 0 Å².